The molecule has 106 valence electrons. The molecule has 2 aromatic rings. The largest absolute Gasteiger partial charge is 0.496 e. The number of aromatic nitrogens is 1. The fourth-order valence-electron chi connectivity index (χ4n) is 1.68. The molecule has 0 radical (unpaired) electrons. The monoisotopic (exact) mass is 400 g/mol. The summed E-state index contributed by atoms with van der Waals surface area (Å²) in [6, 6.07) is 7.24. The summed E-state index contributed by atoms with van der Waals surface area (Å²) in [7, 11) is 1.61. The molecule has 0 bridgehead atoms. The zero-order chi connectivity index (χ0) is 14.7. The Morgan fingerprint density at radius 1 is 1.20 bits per heavy atom. The summed E-state index contributed by atoms with van der Waals surface area (Å²) in [5.41, 5.74) is 6.77. The first-order valence-electron chi connectivity index (χ1n) is 5.94. The summed E-state index contributed by atoms with van der Waals surface area (Å²) >= 11 is 6.89. The lowest BCUT2D eigenvalue weighted by atomic mass is 10.1. The molecule has 0 aliphatic carbocycles. The first kappa shape index (κ1) is 15.3. The van der Waals surface area contributed by atoms with E-state index >= 15 is 0 Å². The van der Waals surface area contributed by atoms with Crippen LogP contribution in [-0.2, 0) is 0 Å². The molecule has 6 heteroatoms. The molecule has 2 rings (SSSR count). The third-order valence-corrected chi connectivity index (χ3v) is 3.94. The molecule has 0 aliphatic rings. The van der Waals surface area contributed by atoms with E-state index in [9.17, 15) is 0 Å². The van der Waals surface area contributed by atoms with E-state index in [2.05, 4.69) is 36.8 Å². The lowest BCUT2D eigenvalue weighted by Gasteiger charge is -2.14. The van der Waals surface area contributed by atoms with Gasteiger partial charge in [0.25, 0.3) is 0 Å². The number of hydrogen-bond acceptors (Lipinski definition) is 4. The number of halogens is 2. The smallest absolute Gasteiger partial charge is 0.224 e. The van der Waals surface area contributed by atoms with Crippen molar-refractivity contribution in [3.05, 3.63) is 45.0 Å². The number of nitrogens with two attached hydrogens (primary N) is 1. The van der Waals surface area contributed by atoms with Gasteiger partial charge in [-0.3, -0.25) is 0 Å². The number of benzene rings is 1. The van der Waals surface area contributed by atoms with Crippen LogP contribution in [0.15, 0.2) is 39.4 Å². The fraction of sp³-hybridized carbons (Fsp3) is 0.214. The second-order valence-electron chi connectivity index (χ2n) is 4.21. The molecule has 0 fully saturated rings. The predicted octanol–water partition coefficient (Wildman–Crippen LogP) is 4.43. The summed E-state index contributed by atoms with van der Waals surface area (Å²) in [6.45, 7) is 1.89. The fourth-order valence-corrected chi connectivity index (χ4v) is 2.57. The number of nitrogens with zero attached hydrogens (tertiary/aromatic N) is 1. The van der Waals surface area contributed by atoms with Crippen LogP contribution >= 0.6 is 31.9 Å². The van der Waals surface area contributed by atoms with Crippen molar-refractivity contribution in [3.8, 4) is 17.4 Å². The van der Waals surface area contributed by atoms with E-state index in [1.165, 1.54) is 0 Å². The maximum Gasteiger partial charge on any atom is 0.224 e. The van der Waals surface area contributed by atoms with Gasteiger partial charge in [-0.1, -0.05) is 6.07 Å². The Bertz CT molecular complexity index is 618. The highest BCUT2D eigenvalue weighted by atomic mass is 79.9. The molecule has 0 aliphatic heterocycles. The molecule has 4 nitrogen and oxygen atoms in total. The van der Waals surface area contributed by atoms with E-state index in [4.69, 9.17) is 15.2 Å². The molecule has 1 aromatic heterocycles. The van der Waals surface area contributed by atoms with Crippen LogP contribution in [0.1, 0.15) is 18.5 Å². The van der Waals surface area contributed by atoms with Crippen molar-refractivity contribution in [3.63, 3.8) is 0 Å². The minimum Gasteiger partial charge on any atom is -0.496 e. The Morgan fingerprint density at radius 3 is 2.50 bits per heavy atom. The van der Waals surface area contributed by atoms with Gasteiger partial charge in [-0.25, -0.2) is 4.98 Å². The van der Waals surface area contributed by atoms with Crippen LogP contribution < -0.4 is 15.2 Å². The predicted molar refractivity (Wildman–Crippen MR) is 85.3 cm³/mol. The molecule has 2 N–H and O–H groups in total. The molecule has 0 amide bonds. The summed E-state index contributed by atoms with van der Waals surface area (Å²) in [4.78, 5) is 4.24. The van der Waals surface area contributed by atoms with Gasteiger partial charge in [-0.05, 0) is 57.0 Å². The van der Waals surface area contributed by atoms with E-state index in [-0.39, 0.29) is 6.04 Å². The van der Waals surface area contributed by atoms with Crippen LogP contribution in [0.25, 0.3) is 0 Å². The SMILES string of the molecule is COc1cc(Br)c(Oc2ncccc2C(C)N)cc1Br. The zero-order valence-electron chi connectivity index (χ0n) is 11.1. The highest BCUT2D eigenvalue weighted by Crippen LogP contribution is 2.38. The van der Waals surface area contributed by atoms with Crippen molar-refractivity contribution in [2.75, 3.05) is 7.11 Å². The molecule has 1 unspecified atom stereocenters. The quantitative estimate of drug-likeness (QED) is 0.823. The van der Waals surface area contributed by atoms with Gasteiger partial charge in [-0.15, -0.1) is 0 Å². The van der Waals surface area contributed by atoms with Crippen molar-refractivity contribution in [1.29, 1.82) is 0 Å². The first-order valence-corrected chi connectivity index (χ1v) is 7.53. The number of pyridine rings is 1. The van der Waals surface area contributed by atoms with Crippen LogP contribution in [0, 0.1) is 0 Å². The van der Waals surface area contributed by atoms with Gasteiger partial charge in [0.1, 0.15) is 11.5 Å². The van der Waals surface area contributed by atoms with Gasteiger partial charge in [0.05, 0.1) is 16.1 Å². The minimum atomic E-state index is -0.154. The van der Waals surface area contributed by atoms with E-state index in [1.54, 1.807) is 13.3 Å². The second-order valence-corrected chi connectivity index (χ2v) is 5.91. The van der Waals surface area contributed by atoms with Crippen molar-refractivity contribution < 1.29 is 9.47 Å². The van der Waals surface area contributed by atoms with E-state index < -0.39 is 0 Å². The molecular weight excluding hydrogens is 388 g/mol. The molecular formula is C14H14Br2N2O2. The Kier molecular flexibility index (Phi) is 5.01. The van der Waals surface area contributed by atoms with Crippen LogP contribution in [0.4, 0.5) is 0 Å². The van der Waals surface area contributed by atoms with Gasteiger partial charge in [0.15, 0.2) is 0 Å². The van der Waals surface area contributed by atoms with Crippen molar-refractivity contribution in [1.82, 2.24) is 4.98 Å². The Hall–Kier alpha value is -1.11. The van der Waals surface area contributed by atoms with Crippen molar-refractivity contribution >= 4 is 31.9 Å². The molecule has 0 saturated carbocycles. The summed E-state index contributed by atoms with van der Waals surface area (Å²) < 4.78 is 12.7. The average molecular weight is 402 g/mol. The summed E-state index contributed by atoms with van der Waals surface area (Å²) in [5, 5.41) is 0. The number of methoxy groups -OCH3 is 1. The van der Waals surface area contributed by atoms with Crippen molar-refractivity contribution in [2.45, 2.75) is 13.0 Å². The molecule has 1 atom stereocenters. The maximum absolute atomic E-state index is 5.92. The Balaban J connectivity index is 2.38. The Morgan fingerprint density at radius 2 is 1.85 bits per heavy atom. The van der Waals surface area contributed by atoms with E-state index in [0.717, 1.165) is 20.3 Å². The number of rotatable bonds is 4. The molecule has 0 spiro atoms. The minimum absolute atomic E-state index is 0.154. The van der Waals surface area contributed by atoms with Crippen LogP contribution in [0.3, 0.4) is 0 Å². The molecule has 0 saturated heterocycles. The second kappa shape index (κ2) is 6.56. The van der Waals surface area contributed by atoms with Gasteiger partial charge in [-0.2, -0.15) is 0 Å². The third-order valence-electron chi connectivity index (χ3n) is 2.70. The molecule has 1 aromatic carbocycles. The molecule has 1 heterocycles. The number of ether oxygens (including phenoxy) is 2. The van der Waals surface area contributed by atoms with Crippen LogP contribution in [0.5, 0.6) is 17.4 Å². The summed E-state index contributed by atoms with van der Waals surface area (Å²) in [5.74, 6) is 1.86. The van der Waals surface area contributed by atoms with E-state index in [0.29, 0.717) is 11.6 Å². The topological polar surface area (TPSA) is 57.4 Å². The Labute approximate surface area is 134 Å². The summed E-state index contributed by atoms with van der Waals surface area (Å²) in [6.07, 6.45) is 1.67. The lowest BCUT2D eigenvalue weighted by molar-refractivity contribution is 0.408. The first-order chi connectivity index (χ1) is 9.52. The highest BCUT2D eigenvalue weighted by Gasteiger charge is 2.13. The molecule has 20 heavy (non-hydrogen) atoms. The van der Waals surface area contributed by atoms with Gasteiger partial charge >= 0.3 is 0 Å². The number of hydrogen-bond donors (Lipinski definition) is 1. The zero-order valence-corrected chi connectivity index (χ0v) is 14.2. The normalized spacial score (nSPS) is 12.1. The van der Waals surface area contributed by atoms with Gasteiger partial charge < -0.3 is 15.2 Å². The lowest BCUT2D eigenvalue weighted by Crippen LogP contribution is -2.07. The standard InChI is InChI=1S/C14H14Br2N2O2/c1-8(17)9-4-3-5-18-14(9)20-13-7-10(15)12(19-2)6-11(13)16/h3-8H,17H2,1-2H3. The third kappa shape index (κ3) is 3.31. The van der Waals surface area contributed by atoms with E-state index in [1.807, 2.05) is 31.2 Å². The van der Waals surface area contributed by atoms with Crippen LogP contribution in [0.2, 0.25) is 0 Å². The van der Waals surface area contributed by atoms with Crippen molar-refractivity contribution in [2.24, 2.45) is 5.73 Å². The highest BCUT2D eigenvalue weighted by molar-refractivity contribution is 9.11. The van der Waals surface area contributed by atoms with Crippen LogP contribution in [-0.4, -0.2) is 12.1 Å². The average Bonchev–Trinajstić information content (AvgIpc) is 2.42. The maximum atomic E-state index is 5.92. The van der Waals surface area contributed by atoms with Gasteiger partial charge in [0, 0.05) is 17.8 Å². The van der Waals surface area contributed by atoms with Gasteiger partial charge in [0.2, 0.25) is 5.88 Å².